The molecule has 0 aromatic heterocycles. The van der Waals surface area contributed by atoms with Crippen molar-refractivity contribution in [3.63, 3.8) is 0 Å². The summed E-state index contributed by atoms with van der Waals surface area (Å²) in [4.78, 5) is 32.3. The number of nitriles is 1. The van der Waals surface area contributed by atoms with Gasteiger partial charge in [0.2, 0.25) is 5.91 Å². The van der Waals surface area contributed by atoms with Crippen molar-refractivity contribution < 1.29 is 18.7 Å². The van der Waals surface area contributed by atoms with E-state index in [-0.39, 0.29) is 24.3 Å². The number of rotatable bonds is 6. The number of fused-ring (bicyclic) bond motifs is 2. The Morgan fingerprint density at radius 3 is 2.35 bits per heavy atom. The molecule has 212 valence electrons. The standard InChI is InChI=1S/C31H38FN5O3/c1-31(2,3)40-30(39)37-26-12-10-22(18-26)28(37)29(38)34-23(20-33)17-21-9-11-25(19-27(21)32)36-15-13-35(14-16-36)24-7-5-4-6-8-24/h4-9,11,19,22-23,26,28H,10,12-18H2,1-3H3,(H,34,38). The van der Waals surface area contributed by atoms with E-state index < -0.39 is 29.6 Å². The van der Waals surface area contributed by atoms with E-state index in [4.69, 9.17) is 4.74 Å². The average Bonchev–Trinajstić information content (AvgIpc) is 3.55. The van der Waals surface area contributed by atoms with Crippen molar-refractivity contribution >= 4 is 23.4 Å². The maximum atomic E-state index is 15.2. The number of piperazine rings is 1. The molecule has 2 saturated heterocycles. The van der Waals surface area contributed by atoms with E-state index in [9.17, 15) is 14.9 Å². The van der Waals surface area contributed by atoms with Crippen molar-refractivity contribution in [2.75, 3.05) is 36.0 Å². The van der Waals surface area contributed by atoms with Gasteiger partial charge in [-0.05, 0) is 75.8 Å². The molecule has 3 fully saturated rings. The first kappa shape index (κ1) is 27.8. The number of nitrogens with one attached hydrogen (secondary N) is 1. The zero-order chi connectivity index (χ0) is 28.4. The molecule has 2 aromatic carbocycles. The third kappa shape index (κ3) is 6.01. The number of para-hydroxylation sites is 1. The molecule has 2 aliphatic heterocycles. The SMILES string of the molecule is CC(C)(C)OC(=O)N1C2CCC(C2)C1C(=O)NC(C#N)Cc1ccc(N2CCN(c3ccccc3)CC2)cc1F. The lowest BCUT2D eigenvalue weighted by atomic mass is 9.97. The van der Waals surface area contributed by atoms with Gasteiger partial charge in [0.15, 0.2) is 0 Å². The molecule has 4 atom stereocenters. The first-order valence-corrected chi connectivity index (χ1v) is 14.2. The molecule has 0 spiro atoms. The van der Waals surface area contributed by atoms with Gasteiger partial charge in [0.1, 0.15) is 23.5 Å². The van der Waals surface area contributed by atoms with Crippen LogP contribution in [0.15, 0.2) is 48.5 Å². The molecule has 2 aromatic rings. The van der Waals surface area contributed by atoms with Crippen LogP contribution in [0, 0.1) is 23.1 Å². The number of hydrogen-bond acceptors (Lipinski definition) is 6. The highest BCUT2D eigenvalue weighted by atomic mass is 19.1. The molecular weight excluding hydrogens is 509 g/mol. The Balaban J connectivity index is 1.20. The summed E-state index contributed by atoms with van der Waals surface area (Å²) in [6.45, 7) is 8.64. The van der Waals surface area contributed by atoms with Crippen LogP contribution in [0.3, 0.4) is 0 Å². The van der Waals surface area contributed by atoms with Crippen LogP contribution >= 0.6 is 0 Å². The predicted molar refractivity (Wildman–Crippen MR) is 152 cm³/mol. The third-order valence-electron chi connectivity index (χ3n) is 8.16. The number of ether oxygens (including phenoxy) is 1. The van der Waals surface area contributed by atoms with Crippen molar-refractivity contribution in [1.82, 2.24) is 10.2 Å². The molecule has 3 aliphatic rings. The predicted octanol–water partition coefficient (Wildman–Crippen LogP) is 4.49. The number of anilines is 2. The molecule has 2 amide bonds. The monoisotopic (exact) mass is 547 g/mol. The lowest BCUT2D eigenvalue weighted by Crippen LogP contribution is -2.55. The maximum absolute atomic E-state index is 15.2. The van der Waals surface area contributed by atoms with Crippen LogP contribution in [0.1, 0.15) is 45.6 Å². The van der Waals surface area contributed by atoms with Crippen LogP contribution in [0.25, 0.3) is 0 Å². The summed E-state index contributed by atoms with van der Waals surface area (Å²) in [6, 6.07) is 15.8. The summed E-state index contributed by atoms with van der Waals surface area (Å²) in [6.07, 6.45) is 2.00. The first-order chi connectivity index (χ1) is 19.1. The Bertz CT molecular complexity index is 1270. The van der Waals surface area contributed by atoms with Gasteiger partial charge in [-0.1, -0.05) is 24.3 Å². The van der Waals surface area contributed by atoms with Crippen LogP contribution in [-0.2, 0) is 16.0 Å². The molecule has 4 unspecified atom stereocenters. The van der Waals surface area contributed by atoms with Gasteiger partial charge < -0.3 is 19.9 Å². The van der Waals surface area contributed by atoms with E-state index >= 15 is 4.39 Å². The second kappa shape index (κ2) is 11.4. The number of likely N-dealkylation sites (tertiary alicyclic amines) is 1. The van der Waals surface area contributed by atoms with Gasteiger partial charge in [0.25, 0.3) is 0 Å². The van der Waals surface area contributed by atoms with Crippen LogP contribution in [0.5, 0.6) is 0 Å². The van der Waals surface area contributed by atoms with Gasteiger partial charge in [0.05, 0.1) is 6.07 Å². The number of nitrogens with zero attached hydrogens (tertiary/aromatic N) is 4. The van der Waals surface area contributed by atoms with Gasteiger partial charge >= 0.3 is 6.09 Å². The number of benzene rings is 2. The van der Waals surface area contributed by atoms with Gasteiger partial charge in [-0.3, -0.25) is 9.69 Å². The minimum Gasteiger partial charge on any atom is -0.444 e. The topological polar surface area (TPSA) is 88.9 Å². The van der Waals surface area contributed by atoms with E-state index in [0.29, 0.717) is 5.56 Å². The fourth-order valence-corrected chi connectivity index (χ4v) is 6.27. The number of carbonyl (C=O) groups excluding carboxylic acids is 2. The van der Waals surface area contributed by atoms with E-state index in [0.717, 1.165) is 51.1 Å². The van der Waals surface area contributed by atoms with E-state index in [1.165, 1.54) is 11.8 Å². The van der Waals surface area contributed by atoms with Crippen molar-refractivity contribution in [1.29, 1.82) is 5.26 Å². The fraction of sp³-hybridized carbons (Fsp3) is 0.516. The van der Waals surface area contributed by atoms with Crippen LogP contribution in [-0.4, -0.2) is 66.8 Å². The van der Waals surface area contributed by atoms with Crippen molar-refractivity contribution in [2.45, 2.75) is 70.2 Å². The quantitative estimate of drug-likeness (QED) is 0.573. The summed E-state index contributed by atoms with van der Waals surface area (Å²) < 4.78 is 20.8. The summed E-state index contributed by atoms with van der Waals surface area (Å²) >= 11 is 0. The van der Waals surface area contributed by atoms with E-state index in [1.54, 1.807) is 31.7 Å². The zero-order valence-corrected chi connectivity index (χ0v) is 23.5. The van der Waals surface area contributed by atoms with Gasteiger partial charge in [-0.2, -0.15) is 5.26 Å². The Hall–Kier alpha value is -3.80. The van der Waals surface area contributed by atoms with Gasteiger partial charge in [-0.15, -0.1) is 0 Å². The summed E-state index contributed by atoms with van der Waals surface area (Å²) in [7, 11) is 0. The Kier molecular flexibility index (Phi) is 7.88. The molecule has 2 heterocycles. The largest absolute Gasteiger partial charge is 0.444 e. The molecule has 1 N–H and O–H groups in total. The van der Waals surface area contributed by atoms with Crippen molar-refractivity contribution in [2.24, 2.45) is 5.92 Å². The molecule has 2 bridgehead atoms. The van der Waals surface area contributed by atoms with Crippen LogP contribution in [0.4, 0.5) is 20.6 Å². The lowest BCUT2D eigenvalue weighted by molar-refractivity contribution is -0.128. The normalized spacial score (nSPS) is 23.1. The van der Waals surface area contributed by atoms with E-state index in [2.05, 4.69) is 33.3 Å². The second-order valence-corrected chi connectivity index (χ2v) is 12.0. The minimum atomic E-state index is -0.915. The molecular formula is C31H38FN5O3. The number of halogens is 1. The zero-order valence-electron chi connectivity index (χ0n) is 23.5. The molecule has 1 aliphatic carbocycles. The molecule has 5 rings (SSSR count). The number of piperidine rings is 1. The highest BCUT2D eigenvalue weighted by Crippen LogP contribution is 2.43. The fourth-order valence-electron chi connectivity index (χ4n) is 6.27. The van der Waals surface area contributed by atoms with Gasteiger partial charge in [0, 0.05) is 50.0 Å². The first-order valence-electron chi connectivity index (χ1n) is 14.2. The van der Waals surface area contributed by atoms with E-state index in [1.807, 2.05) is 24.3 Å². The molecule has 8 nitrogen and oxygen atoms in total. The van der Waals surface area contributed by atoms with Crippen LogP contribution in [0.2, 0.25) is 0 Å². The lowest BCUT2D eigenvalue weighted by Gasteiger charge is -2.37. The Morgan fingerprint density at radius 2 is 1.73 bits per heavy atom. The summed E-state index contributed by atoms with van der Waals surface area (Å²) in [5.74, 6) is -0.735. The van der Waals surface area contributed by atoms with Crippen LogP contribution < -0.4 is 15.1 Å². The van der Waals surface area contributed by atoms with Crippen molar-refractivity contribution in [3.05, 3.63) is 59.9 Å². The number of amides is 2. The second-order valence-electron chi connectivity index (χ2n) is 12.0. The highest BCUT2D eigenvalue weighted by molar-refractivity contribution is 5.87. The molecule has 9 heteroatoms. The number of carbonyl (C=O) groups is 2. The number of hydrogen-bond donors (Lipinski definition) is 1. The Labute approximate surface area is 235 Å². The highest BCUT2D eigenvalue weighted by Gasteiger charge is 2.52. The molecule has 1 saturated carbocycles. The smallest absolute Gasteiger partial charge is 0.411 e. The molecule has 0 radical (unpaired) electrons. The summed E-state index contributed by atoms with van der Waals surface area (Å²) in [5.41, 5.74) is 1.69. The minimum absolute atomic E-state index is 0.0318. The van der Waals surface area contributed by atoms with Crippen molar-refractivity contribution in [3.8, 4) is 6.07 Å². The third-order valence-corrected chi connectivity index (χ3v) is 8.16. The molecule has 40 heavy (non-hydrogen) atoms. The summed E-state index contributed by atoms with van der Waals surface area (Å²) in [5, 5.41) is 12.6. The maximum Gasteiger partial charge on any atom is 0.411 e. The van der Waals surface area contributed by atoms with Gasteiger partial charge in [-0.25, -0.2) is 9.18 Å². The Morgan fingerprint density at radius 1 is 1.05 bits per heavy atom. The average molecular weight is 548 g/mol.